The van der Waals surface area contributed by atoms with Gasteiger partial charge in [-0.25, -0.2) is 9.67 Å². The molecule has 4 rings (SSSR count). The second kappa shape index (κ2) is 7.93. The van der Waals surface area contributed by atoms with Crippen molar-refractivity contribution in [2.75, 3.05) is 6.54 Å². The molecule has 1 saturated heterocycles. The topological polar surface area (TPSA) is 102 Å². The Morgan fingerprint density at radius 2 is 2.10 bits per heavy atom. The lowest BCUT2D eigenvalue weighted by Crippen LogP contribution is -2.45. The lowest BCUT2D eigenvalue weighted by Gasteiger charge is -2.16. The Morgan fingerprint density at radius 3 is 2.80 bits per heavy atom. The highest BCUT2D eigenvalue weighted by atomic mass is 16.3. The summed E-state index contributed by atoms with van der Waals surface area (Å²) in [5.74, 6) is 1.09. The van der Waals surface area contributed by atoms with Crippen molar-refractivity contribution in [3.05, 3.63) is 35.4 Å². The summed E-state index contributed by atoms with van der Waals surface area (Å²) in [7, 11) is 0. The molecular weight excluding hydrogens is 382 g/mol. The smallest absolute Gasteiger partial charge is 0.252 e. The number of aryl methyl sites for hydroxylation is 2. The van der Waals surface area contributed by atoms with E-state index in [1.807, 2.05) is 33.8 Å². The molecule has 4 heterocycles. The number of carbonyl (C=O) groups is 2. The largest absolute Gasteiger partial charge is 0.466 e. The van der Waals surface area contributed by atoms with Crippen molar-refractivity contribution < 1.29 is 14.0 Å². The minimum Gasteiger partial charge on any atom is -0.466 e. The molecule has 30 heavy (non-hydrogen) atoms. The molecule has 0 spiro atoms. The number of rotatable bonds is 4. The molecule has 1 unspecified atom stereocenters. The summed E-state index contributed by atoms with van der Waals surface area (Å²) < 4.78 is 7.48. The van der Waals surface area contributed by atoms with E-state index in [1.165, 1.54) is 0 Å². The zero-order valence-corrected chi connectivity index (χ0v) is 17.8. The van der Waals surface area contributed by atoms with Crippen molar-refractivity contribution in [3.63, 3.8) is 0 Å². The fraction of sp³-hybridized carbons (Fsp3) is 0.455. The van der Waals surface area contributed by atoms with Crippen LogP contribution in [-0.4, -0.2) is 39.2 Å². The third kappa shape index (κ3) is 3.69. The molecule has 1 fully saturated rings. The number of nitrogens with zero attached hydrogens (tertiary/aromatic N) is 3. The maximum Gasteiger partial charge on any atom is 0.252 e. The minimum absolute atomic E-state index is 0.0842. The van der Waals surface area contributed by atoms with Gasteiger partial charge in [0.2, 0.25) is 5.91 Å². The lowest BCUT2D eigenvalue weighted by atomic mass is 10.1. The van der Waals surface area contributed by atoms with Crippen molar-refractivity contribution in [2.45, 2.75) is 59.0 Å². The Balaban J connectivity index is 1.80. The zero-order valence-electron chi connectivity index (χ0n) is 17.8. The van der Waals surface area contributed by atoms with Gasteiger partial charge in [0.05, 0.1) is 22.8 Å². The van der Waals surface area contributed by atoms with Gasteiger partial charge in [-0.05, 0) is 59.1 Å². The normalized spacial score (nSPS) is 17.2. The van der Waals surface area contributed by atoms with Crippen LogP contribution in [0.25, 0.3) is 22.3 Å². The van der Waals surface area contributed by atoms with Crippen LogP contribution in [0, 0.1) is 13.8 Å². The van der Waals surface area contributed by atoms with Crippen LogP contribution in [0.3, 0.4) is 0 Å². The van der Waals surface area contributed by atoms with Gasteiger partial charge < -0.3 is 15.1 Å². The summed E-state index contributed by atoms with van der Waals surface area (Å²) in [6.45, 7) is 8.44. The van der Waals surface area contributed by atoms with Gasteiger partial charge in [-0.1, -0.05) is 0 Å². The first kappa shape index (κ1) is 20.1. The Bertz CT molecular complexity index is 1110. The lowest BCUT2D eigenvalue weighted by molar-refractivity contribution is -0.122. The van der Waals surface area contributed by atoms with Gasteiger partial charge in [-0.3, -0.25) is 9.59 Å². The molecule has 1 aliphatic rings. The summed E-state index contributed by atoms with van der Waals surface area (Å²) in [4.78, 5) is 30.4. The minimum atomic E-state index is -0.537. The SMILES string of the molecule is Cc1cc(-c2cc(C(=O)NC3CCCCNC3=O)c3cnn(C(C)C)c3n2)c(C)o1. The average molecular weight is 409 g/mol. The second-order valence-electron chi connectivity index (χ2n) is 8.11. The van der Waals surface area contributed by atoms with E-state index in [4.69, 9.17) is 9.40 Å². The van der Waals surface area contributed by atoms with Crippen LogP contribution in [-0.2, 0) is 4.79 Å². The number of fused-ring (bicyclic) bond motifs is 1. The maximum atomic E-state index is 13.3. The van der Waals surface area contributed by atoms with Crippen LogP contribution in [0.1, 0.15) is 61.0 Å². The molecule has 2 N–H and O–H groups in total. The molecule has 0 aliphatic carbocycles. The van der Waals surface area contributed by atoms with E-state index in [9.17, 15) is 9.59 Å². The molecule has 8 heteroatoms. The Hall–Kier alpha value is -3.16. The van der Waals surface area contributed by atoms with Crippen molar-refractivity contribution in [3.8, 4) is 11.3 Å². The first-order chi connectivity index (χ1) is 14.3. The van der Waals surface area contributed by atoms with E-state index < -0.39 is 6.04 Å². The average Bonchev–Trinajstić information content (AvgIpc) is 3.21. The monoisotopic (exact) mass is 409 g/mol. The fourth-order valence-electron chi connectivity index (χ4n) is 3.92. The highest BCUT2D eigenvalue weighted by molar-refractivity contribution is 6.07. The van der Waals surface area contributed by atoms with Crippen molar-refractivity contribution in [1.82, 2.24) is 25.4 Å². The van der Waals surface area contributed by atoms with Gasteiger partial charge >= 0.3 is 0 Å². The van der Waals surface area contributed by atoms with E-state index in [1.54, 1.807) is 16.9 Å². The summed E-state index contributed by atoms with van der Waals surface area (Å²) >= 11 is 0. The molecule has 0 bridgehead atoms. The summed E-state index contributed by atoms with van der Waals surface area (Å²) in [6, 6.07) is 3.22. The molecular formula is C22H27N5O3. The molecule has 1 atom stereocenters. The summed E-state index contributed by atoms with van der Waals surface area (Å²) in [5.41, 5.74) is 2.58. The number of hydrogen-bond donors (Lipinski definition) is 2. The zero-order chi connectivity index (χ0) is 21.4. The number of carbonyl (C=O) groups excluding carboxylic acids is 2. The molecule has 3 aromatic heterocycles. The Morgan fingerprint density at radius 1 is 1.30 bits per heavy atom. The fourth-order valence-corrected chi connectivity index (χ4v) is 3.92. The van der Waals surface area contributed by atoms with E-state index in [0.717, 1.165) is 29.9 Å². The summed E-state index contributed by atoms with van der Waals surface area (Å²) in [6.07, 6.45) is 4.10. The van der Waals surface area contributed by atoms with Crippen LogP contribution in [0.15, 0.2) is 22.7 Å². The second-order valence-corrected chi connectivity index (χ2v) is 8.11. The van der Waals surface area contributed by atoms with Crippen LogP contribution in [0.2, 0.25) is 0 Å². The predicted octanol–water partition coefficient (Wildman–Crippen LogP) is 3.29. The quantitative estimate of drug-likeness (QED) is 0.688. The van der Waals surface area contributed by atoms with Crippen LogP contribution < -0.4 is 10.6 Å². The van der Waals surface area contributed by atoms with E-state index >= 15 is 0 Å². The van der Waals surface area contributed by atoms with Gasteiger partial charge in [-0.15, -0.1) is 0 Å². The third-order valence-electron chi connectivity index (χ3n) is 5.46. The molecule has 8 nitrogen and oxygen atoms in total. The van der Waals surface area contributed by atoms with Crippen molar-refractivity contribution >= 4 is 22.8 Å². The third-order valence-corrected chi connectivity index (χ3v) is 5.46. The maximum absolute atomic E-state index is 13.3. The number of pyridine rings is 1. The Labute approximate surface area is 175 Å². The molecule has 0 aromatic carbocycles. The number of amides is 2. The van der Waals surface area contributed by atoms with E-state index in [0.29, 0.717) is 35.3 Å². The number of hydrogen-bond acceptors (Lipinski definition) is 5. The predicted molar refractivity (Wildman–Crippen MR) is 113 cm³/mol. The van der Waals surface area contributed by atoms with E-state index in [2.05, 4.69) is 15.7 Å². The standard InChI is InChI=1S/C22H27N5O3/c1-12(2)27-20-17(11-24-27)16(10-19(25-20)15-9-13(3)30-14(15)4)21(28)26-18-7-5-6-8-23-22(18)29/h9-12,18H,5-8H2,1-4H3,(H,23,29)(H,26,28). The van der Waals surface area contributed by atoms with Crippen molar-refractivity contribution in [2.24, 2.45) is 0 Å². The molecule has 2 amide bonds. The van der Waals surface area contributed by atoms with Gasteiger partial charge in [0, 0.05) is 18.2 Å². The van der Waals surface area contributed by atoms with Gasteiger partial charge in [0.25, 0.3) is 5.91 Å². The van der Waals surface area contributed by atoms with E-state index in [-0.39, 0.29) is 17.9 Å². The molecule has 1 aliphatic heterocycles. The highest BCUT2D eigenvalue weighted by Crippen LogP contribution is 2.30. The molecule has 3 aromatic rings. The Kier molecular flexibility index (Phi) is 5.32. The molecule has 158 valence electrons. The number of nitrogens with one attached hydrogen (secondary N) is 2. The number of aromatic nitrogens is 3. The van der Waals surface area contributed by atoms with Gasteiger partial charge in [-0.2, -0.15) is 5.10 Å². The van der Waals surface area contributed by atoms with Crippen LogP contribution >= 0.6 is 0 Å². The summed E-state index contributed by atoms with van der Waals surface area (Å²) in [5, 5.41) is 10.9. The molecule has 0 radical (unpaired) electrons. The molecule has 0 saturated carbocycles. The highest BCUT2D eigenvalue weighted by Gasteiger charge is 2.26. The number of furan rings is 1. The van der Waals surface area contributed by atoms with Crippen LogP contribution in [0.5, 0.6) is 0 Å². The van der Waals surface area contributed by atoms with Crippen molar-refractivity contribution in [1.29, 1.82) is 0 Å². The first-order valence-electron chi connectivity index (χ1n) is 10.4. The van der Waals surface area contributed by atoms with Gasteiger partial charge in [0.15, 0.2) is 5.65 Å². The first-order valence-corrected chi connectivity index (χ1v) is 10.4. The van der Waals surface area contributed by atoms with Crippen LogP contribution in [0.4, 0.5) is 0 Å². The van der Waals surface area contributed by atoms with Gasteiger partial charge in [0.1, 0.15) is 17.6 Å².